The molecule has 0 aliphatic carbocycles. The Morgan fingerprint density at radius 3 is 2.63 bits per heavy atom. The van der Waals surface area contributed by atoms with Crippen LogP contribution in [0.2, 0.25) is 0 Å². The molecule has 1 amide bonds. The Hall–Kier alpha value is -2.93. The van der Waals surface area contributed by atoms with Crippen LogP contribution in [0.4, 0.5) is 5.69 Å². The van der Waals surface area contributed by atoms with Crippen LogP contribution in [0, 0.1) is 6.92 Å². The van der Waals surface area contributed by atoms with Crippen molar-refractivity contribution in [3.8, 4) is 11.4 Å². The monoisotopic (exact) mass is 422 g/mol. The first-order chi connectivity index (χ1) is 14.5. The Morgan fingerprint density at radius 2 is 1.90 bits per heavy atom. The van der Waals surface area contributed by atoms with Gasteiger partial charge in [0.1, 0.15) is 0 Å². The number of benzene rings is 2. The number of carbonyl (C=O) groups is 2. The molecule has 0 atom stereocenters. The van der Waals surface area contributed by atoms with Gasteiger partial charge in [-0.3, -0.25) is 9.59 Å². The van der Waals surface area contributed by atoms with E-state index in [0.717, 1.165) is 28.8 Å². The van der Waals surface area contributed by atoms with Gasteiger partial charge in [-0.25, -0.2) is 0 Å². The molecule has 30 heavy (non-hydrogen) atoms. The second-order valence-corrected chi connectivity index (χ2v) is 8.08. The van der Waals surface area contributed by atoms with E-state index in [9.17, 15) is 9.59 Å². The highest BCUT2D eigenvalue weighted by atomic mass is 32.2. The smallest absolute Gasteiger partial charge is 0.224 e. The molecule has 156 valence electrons. The van der Waals surface area contributed by atoms with Crippen LogP contribution in [-0.4, -0.2) is 32.2 Å². The Balaban J connectivity index is 1.55. The molecule has 1 heterocycles. The van der Waals surface area contributed by atoms with Gasteiger partial charge in [-0.1, -0.05) is 47.7 Å². The van der Waals surface area contributed by atoms with E-state index in [2.05, 4.69) is 46.1 Å². The predicted octanol–water partition coefficient (Wildman–Crippen LogP) is 4.99. The van der Waals surface area contributed by atoms with Crippen LogP contribution in [0.5, 0.6) is 0 Å². The summed E-state index contributed by atoms with van der Waals surface area (Å²) in [5, 5.41) is 12.4. The van der Waals surface area contributed by atoms with Gasteiger partial charge in [0.05, 0.1) is 5.69 Å². The minimum Gasteiger partial charge on any atom is -0.325 e. The van der Waals surface area contributed by atoms with Gasteiger partial charge in [-0.15, -0.1) is 10.2 Å². The summed E-state index contributed by atoms with van der Waals surface area (Å²) in [4.78, 5) is 24.0. The maximum atomic E-state index is 12.3. The van der Waals surface area contributed by atoms with E-state index >= 15 is 0 Å². The van der Waals surface area contributed by atoms with Crippen molar-refractivity contribution >= 4 is 29.1 Å². The standard InChI is InChI=1S/C23H26N4O2S/c1-4-27-22(18-10-7-9-16(2)15-18)25-26-23(27)30-14-8-13-21(29)24-20-12-6-5-11-19(20)17(3)28/h5-7,9-12,15H,4,8,13-14H2,1-3H3,(H,24,29). The maximum absolute atomic E-state index is 12.3. The summed E-state index contributed by atoms with van der Waals surface area (Å²) in [6, 6.07) is 15.3. The van der Waals surface area contributed by atoms with Crippen LogP contribution in [0.3, 0.4) is 0 Å². The minimum atomic E-state index is -0.0956. The number of thioether (sulfide) groups is 1. The van der Waals surface area contributed by atoms with E-state index < -0.39 is 0 Å². The van der Waals surface area contributed by atoms with Crippen LogP contribution >= 0.6 is 11.8 Å². The zero-order valence-corrected chi connectivity index (χ0v) is 18.3. The fraction of sp³-hybridized carbons (Fsp3) is 0.304. The molecule has 0 aliphatic rings. The highest BCUT2D eigenvalue weighted by molar-refractivity contribution is 7.99. The predicted molar refractivity (Wildman–Crippen MR) is 121 cm³/mol. The summed E-state index contributed by atoms with van der Waals surface area (Å²) in [5.74, 6) is 1.46. The summed E-state index contributed by atoms with van der Waals surface area (Å²) < 4.78 is 2.10. The molecule has 1 N–H and O–H groups in total. The van der Waals surface area contributed by atoms with Gasteiger partial charge < -0.3 is 9.88 Å². The molecule has 0 aliphatic heterocycles. The molecule has 0 radical (unpaired) electrons. The Kier molecular flexibility index (Phi) is 7.41. The quantitative estimate of drug-likeness (QED) is 0.299. The number of nitrogens with zero attached hydrogens (tertiary/aromatic N) is 3. The molecule has 7 heteroatoms. The third kappa shape index (κ3) is 5.36. The first kappa shape index (κ1) is 21.8. The topological polar surface area (TPSA) is 76.9 Å². The van der Waals surface area contributed by atoms with E-state index in [4.69, 9.17) is 0 Å². The number of para-hydroxylation sites is 1. The van der Waals surface area contributed by atoms with E-state index in [1.807, 2.05) is 12.1 Å². The van der Waals surface area contributed by atoms with Crippen molar-refractivity contribution in [3.63, 3.8) is 0 Å². The molecule has 0 saturated heterocycles. The SMILES string of the molecule is CCn1c(SCCCC(=O)Nc2ccccc2C(C)=O)nnc1-c1cccc(C)c1. The van der Waals surface area contributed by atoms with Crippen molar-refractivity contribution in [3.05, 3.63) is 59.7 Å². The van der Waals surface area contributed by atoms with Crippen LogP contribution in [-0.2, 0) is 11.3 Å². The molecule has 0 bridgehead atoms. The number of ketones is 1. The van der Waals surface area contributed by atoms with Crippen molar-refractivity contribution in [2.24, 2.45) is 0 Å². The summed E-state index contributed by atoms with van der Waals surface area (Å²) in [6.45, 7) is 6.41. The zero-order chi connectivity index (χ0) is 21.5. The normalized spacial score (nSPS) is 10.8. The van der Waals surface area contributed by atoms with Crippen LogP contribution in [0.1, 0.15) is 42.6 Å². The van der Waals surface area contributed by atoms with E-state index in [1.54, 1.807) is 36.0 Å². The molecule has 0 spiro atoms. The van der Waals surface area contributed by atoms with E-state index in [1.165, 1.54) is 12.5 Å². The summed E-state index contributed by atoms with van der Waals surface area (Å²) in [6.07, 6.45) is 1.08. The third-order valence-corrected chi connectivity index (χ3v) is 5.72. The largest absolute Gasteiger partial charge is 0.325 e. The number of Topliss-reactive ketones (excluding diaryl/α,β-unsaturated/α-hetero) is 1. The van der Waals surface area contributed by atoms with Gasteiger partial charge in [-0.05, 0) is 45.4 Å². The third-order valence-electron chi connectivity index (χ3n) is 4.67. The van der Waals surface area contributed by atoms with Crippen molar-refractivity contribution < 1.29 is 9.59 Å². The highest BCUT2D eigenvalue weighted by Gasteiger charge is 2.14. The molecule has 0 fully saturated rings. The van der Waals surface area contributed by atoms with Gasteiger partial charge in [0.15, 0.2) is 16.8 Å². The average molecular weight is 423 g/mol. The number of nitrogens with one attached hydrogen (secondary N) is 1. The van der Waals surface area contributed by atoms with Crippen molar-refractivity contribution in [2.45, 2.75) is 45.3 Å². The lowest BCUT2D eigenvalue weighted by Gasteiger charge is -2.09. The van der Waals surface area contributed by atoms with Crippen LogP contribution < -0.4 is 5.32 Å². The lowest BCUT2D eigenvalue weighted by Crippen LogP contribution is -2.14. The Labute approximate surface area is 181 Å². The molecular weight excluding hydrogens is 396 g/mol. The fourth-order valence-corrected chi connectivity index (χ4v) is 4.13. The number of aryl methyl sites for hydroxylation is 1. The summed E-state index contributed by atoms with van der Waals surface area (Å²) in [5.41, 5.74) is 3.33. The molecule has 3 rings (SSSR count). The van der Waals surface area contributed by atoms with Gasteiger partial charge >= 0.3 is 0 Å². The molecule has 6 nitrogen and oxygen atoms in total. The van der Waals surface area contributed by atoms with E-state index in [-0.39, 0.29) is 11.7 Å². The zero-order valence-electron chi connectivity index (χ0n) is 17.5. The number of hydrogen-bond acceptors (Lipinski definition) is 5. The number of carbonyl (C=O) groups excluding carboxylic acids is 2. The summed E-state index contributed by atoms with van der Waals surface area (Å²) >= 11 is 1.60. The second-order valence-electron chi connectivity index (χ2n) is 7.02. The summed E-state index contributed by atoms with van der Waals surface area (Å²) in [7, 11) is 0. The molecule has 3 aromatic rings. The van der Waals surface area contributed by atoms with Crippen LogP contribution in [0.15, 0.2) is 53.7 Å². The first-order valence-electron chi connectivity index (χ1n) is 10.0. The average Bonchev–Trinajstić information content (AvgIpc) is 3.14. The van der Waals surface area contributed by atoms with Crippen molar-refractivity contribution in [1.82, 2.24) is 14.8 Å². The highest BCUT2D eigenvalue weighted by Crippen LogP contribution is 2.25. The van der Waals surface area contributed by atoms with Gasteiger partial charge in [-0.2, -0.15) is 0 Å². The molecule has 1 aromatic heterocycles. The molecule has 2 aromatic carbocycles. The number of hydrogen-bond donors (Lipinski definition) is 1. The lowest BCUT2D eigenvalue weighted by molar-refractivity contribution is -0.116. The van der Waals surface area contributed by atoms with Crippen LogP contribution in [0.25, 0.3) is 11.4 Å². The second kappa shape index (κ2) is 10.2. The fourth-order valence-electron chi connectivity index (χ4n) is 3.19. The van der Waals surface area contributed by atoms with Gasteiger partial charge in [0.2, 0.25) is 5.91 Å². The number of rotatable bonds is 9. The molecular formula is C23H26N4O2S. The van der Waals surface area contributed by atoms with Crippen molar-refractivity contribution in [2.75, 3.05) is 11.1 Å². The first-order valence-corrected chi connectivity index (χ1v) is 11.0. The minimum absolute atomic E-state index is 0.0650. The Bertz CT molecular complexity index is 1050. The number of aromatic nitrogens is 3. The Morgan fingerprint density at radius 1 is 1.10 bits per heavy atom. The number of anilines is 1. The molecule has 0 saturated carbocycles. The maximum Gasteiger partial charge on any atom is 0.224 e. The van der Waals surface area contributed by atoms with Gasteiger partial charge in [0.25, 0.3) is 0 Å². The number of amides is 1. The van der Waals surface area contributed by atoms with Gasteiger partial charge in [0, 0.05) is 29.8 Å². The van der Waals surface area contributed by atoms with Crippen molar-refractivity contribution in [1.29, 1.82) is 0 Å². The molecule has 0 unspecified atom stereocenters. The lowest BCUT2D eigenvalue weighted by atomic mass is 10.1. The van der Waals surface area contributed by atoms with E-state index in [0.29, 0.717) is 24.1 Å².